The average molecular weight is 352 g/mol. The van der Waals surface area contributed by atoms with Crippen LogP contribution in [-0.2, 0) is 5.41 Å². The van der Waals surface area contributed by atoms with Crippen molar-refractivity contribution < 1.29 is 4.79 Å². The zero-order valence-corrected chi connectivity index (χ0v) is 14.9. The second-order valence-electron chi connectivity index (χ2n) is 7.03. The van der Waals surface area contributed by atoms with Crippen LogP contribution in [0.5, 0.6) is 0 Å². The van der Waals surface area contributed by atoms with Crippen molar-refractivity contribution in [3.63, 3.8) is 0 Å². The second-order valence-corrected chi connectivity index (χ2v) is 7.83. The van der Waals surface area contributed by atoms with Gasteiger partial charge in [-0.15, -0.1) is 0 Å². The zero-order chi connectivity index (χ0) is 15.5. The summed E-state index contributed by atoms with van der Waals surface area (Å²) in [5.74, 6) is 0.851. The number of hydrogen-bond acceptors (Lipinski definition) is 1. The molecule has 0 spiro atoms. The Labute approximate surface area is 137 Å². The van der Waals surface area contributed by atoms with E-state index in [4.69, 9.17) is 0 Å². The number of nitrogens with zero attached hydrogens (tertiary/aromatic N) is 1. The first kappa shape index (κ1) is 16.5. The Balaban J connectivity index is 2.20. The van der Waals surface area contributed by atoms with Crippen molar-refractivity contribution in [1.82, 2.24) is 4.90 Å². The molecule has 1 unspecified atom stereocenters. The van der Waals surface area contributed by atoms with Gasteiger partial charge in [0.05, 0.1) is 0 Å². The van der Waals surface area contributed by atoms with E-state index < -0.39 is 0 Å². The molecule has 0 radical (unpaired) electrons. The highest BCUT2D eigenvalue weighted by Crippen LogP contribution is 2.28. The van der Waals surface area contributed by atoms with E-state index in [1.807, 2.05) is 18.2 Å². The number of carbonyl (C=O) groups excluding carboxylic acids is 1. The monoisotopic (exact) mass is 351 g/mol. The first-order valence-corrected chi connectivity index (χ1v) is 9.00. The van der Waals surface area contributed by atoms with E-state index in [-0.39, 0.29) is 11.3 Å². The molecule has 1 aliphatic rings. The van der Waals surface area contributed by atoms with Crippen LogP contribution in [0.3, 0.4) is 0 Å². The predicted molar refractivity (Wildman–Crippen MR) is 92.2 cm³/mol. The zero-order valence-electron chi connectivity index (χ0n) is 13.4. The van der Waals surface area contributed by atoms with Gasteiger partial charge in [-0.25, -0.2) is 0 Å². The fourth-order valence-corrected chi connectivity index (χ4v) is 3.78. The molecule has 1 aromatic carbocycles. The van der Waals surface area contributed by atoms with Crippen molar-refractivity contribution >= 4 is 21.8 Å². The molecule has 116 valence electrons. The summed E-state index contributed by atoms with van der Waals surface area (Å²) in [7, 11) is 0. The van der Waals surface area contributed by atoms with Gasteiger partial charge >= 0.3 is 0 Å². The first-order valence-electron chi connectivity index (χ1n) is 7.88. The van der Waals surface area contributed by atoms with Gasteiger partial charge in [0, 0.05) is 24.0 Å². The molecule has 0 saturated carbocycles. The second kappa shape index (κ2) is 6.95. The van der Waals surface area contributed by atoms with Gasteiger partial charge in [0.2, 0.25) is 0 Å². The SMILES string of the molecule is CC(C)(C)c1ccccc1C(=O)N1CCCC(CCBr)C1. The molecule has 0 aliphatic carbocycles. The van der Waals surface area contributed by atoms with Crippen LogP contribution >= 0.6 is 15.9 Å². The molecule has 21 heavy (non-hydrogen) atoms. The summed E-state index contributed by atoms with van der Waals surface area (Å²) in [4.78, 5) is 15.0. The Morgan fingerprint density at radius 1 is 1.33 bits per heavy atom. The normalized spacial score (nSPS) is 19.6. The average Bonchev–Trinajstić information content (AvgIpc) is 2.46. The fourth-order valence-electron chi connectivity index (χ4n) is 3.13. The van der Waals surface area contributed by atoms with Crippen LogP contribution in [0, 0.1) is 5.92 Å². The summed E-state index contributed by atoms with van der Waals surface area (Å²) in [5, 5.41) is 1.03. The summed E-state index contributed by atoms with van der Waals surface area (Å²) >= 11 is 3.52. The number of benzene rings is 1. The smallest absolute Gasteiger partial charge is 0.254 e. The van der Waals surface area contributed by atoms with E-state index in [0.29, 0.717) is 5.92 Å². The maximum Gasteiger partial charge on any atom is 0.254 e. The molecule has 1 atom stereocenters. The molecule has 1 aliphatic heterocycles. The third-order valence-corrected chi connectivity index (χ3v) is 4.75. The van der Waals surface area contributed by atoms with Crippen molar-refractivity contribution in [3.8, 4) is 0 Å². The highest BCUT2D eigenvalue weighted by Gasteiger charge is 2.27. The highest BCUT2D eigenvalue weighted by molar-refractivity contribution is 9.09. The van der Waals surface area contributed by atoms with Crippen LogP contribution in [0.4, 0.5) is 0 Å². The molecule has 0 bridgehead atoms. The molecule has 1 amide bonds. The summed E-state index contributed by atoms with van der Waals surface area (Å²) < 4.78 is 0. The Kier molecular flexibility index (Phi) is 5.48. The van der Waals surface area contributed by atoms with Crippen molar-refractivity contribution in [2.45, 2.75) is 45.4 Å². The Morgan fingerprint density at radius 2 is 2.05 bits per heavy atom. The quantitative estimate of drug-likeness (QED) is 0.727. The molecule has 2 rings (SSSR count). The van der Waals surface area contributed by atoms with E-state index in [0.717, 1.165) is 42.4 Å². The van der Waals surface area contributed by atoms with Crippen LogP contribution in [0.25, 0.3) is 0 Å². The largest absolute Gasteiger partial charge is 0.338 e. The lowest BCUT2D eigenvalue weighted by Crippen LogP contribution is -2.40. The van der Waals surface area contributed by atoms with Gasteiger partial charge in [0.25, 0.3) is 5.91 Å². The van der Waals surface area contributed by atoms with Crippen molar-refractivity contribution in [1.29, 1.82) is 0 Å². The third-order valence-electron chi connectivity index (χ3n) is 4.29. The molecule has 1 heterocycles. The molecule has 0 N–H and O–H groups in total. The Bertz CT molecular complexity index is 490. The summed E-state index contributed by atoms with van der Waals surface area (Å²) in [6.45, 7) is 8.31. The predicted octanol–water partition coefficient (Wildman–Crippen LogP) is 4.62. The molecule has 0 aromatic heterocycles. The lowest BCUT2D eigenvalue weighted by molar-refractivity contribution is 0.0669. The number of hydrogen-bond donors (Lipinski definition) is 0. The number of halogens is 1. The third kappa shape index (κ3) is 4.09. The lowest BCUT2D eigenvalue weighted by atomic mass is 9.83. The Morgan fingerprint density at radius 3 is 2.71 bits per heavy atom. The van der Waals surface area contributed by atoms with Crippen molar-refractivity contribution in [3.05, 3.63) is 35.4 Å². The van der Waals surface area contributed by atoms with E-state index >= 15 is 0 Å². The summed E-state index contributed by atoms with van der Waals surface area (Å²) in [5.41, 5.74) is 2.03. The van der Waals surface area contributed by atoms with Crippen LogP contribution in [0.15, 0.2) is 24.3 Å². The summed E-state index contributed by atoms with van der Waals surface area (Å²) in [6, 6.07) is 8.08. The minimum atomic E-state index is -0.00268. The number of likely N-dealkylation sites (tertiary alicyclic amines) is 1. The lowest BCUT2D eigenvalue weighted by Gasteiger charge is -2.34. The fraction of sp³-hybridized carbons (Fsp3) is 0.611. The standard InChI is InChI=1S/C18H26BrNO/c1-18(2,3)16-9-5-4-8-15(16)17(21)20-12-6-7-14(13-20)10-11-19/h4-5,8-9,14H,6-7,10-13H2,1-3H3. The van der Waals surface area contributed by atoms with Gasteiger partial charge in [-0.3, -0.25) is 4.79 Å². The van der Waals surface area contributed by atoms with E-state index in [1.54, 1.807) is 0 Å². The van der Waals surface area contributed by atoms with Crippen LogP contribution in [0.1, 0.15) is 56.0 Å². The molecular formula is C18H26BrNO. The maximum atomic E-state index is 12.9. The van der Waals surface area contributed by atoms with E-state index in [1.165, 1.54) is 6.42 Å². The first-order chi connectivity index (χ1) is 9.93. The van der Waals surface area contributed by atoms with Crippen LogP contribution in [-0.4, -0.2) is 29.2 Å². The van der Waals surface area contributed by atoms with Crippen LogP contribution in [0.2, 0.25) is 0 Å². The number of carbonyl (C=O) groups is 1. The van der Waals surface area contributed by atoms with E-state index in [9.17, 15) is 4.79 Å². The van der Waals surface area contributed by atoms with Gasteiger partial charge in [-0.05, 0) is 42.2 Å². The van der Waals surface area contributed by atoms with Gasteiger partial charge in [-0.1, -0.05) is 54.9 Å². The minimum absolute atomic E-state index is 0.00268. The maximum absolute atomic E-state index is 12.9. The van der Waals surface area contributed by atoms with E-state index in [2.05, 4.69) is 47.7 Å². The molecule has 2 nitrogen and oxygen atoms in total. The van der Waals surface area contributed by atoms with Gasteiger partial charge in [0.15, 0.2) is 0 Å². The van der Waals surface area contributed by atoms with Gasteiger partial charge in [0.1, 0.15) is 0 Å². The highest BCUT2D eigenvalue weighted by atomic mass is 79.9. The van der Waals surface area contributed by atoms with Crippen LogP contribution < -0.4 is 0 Å². The minimum Gasteiger partial charge on any atom is -0.338 e. The molecule has 1 fully saturated rings. The summed E-state index contributed by atoms with van der Waals surface area (Å²) in [6.07, 6.45) is 3.53. The number of alkyl halides is 1. The topological polar surface area (TPSA) is 20.3 Å². The van der Waals surface area contributed by atoms with Crippen molar-refractivity contribution in [2.24, 2.45) is 5.92 Å². The Hall–Kier alpha value is -0.830. The van der Waals surface area contributed by atoms with Gasteiger partial charge in [-0.2, -0.15) is 0 Å². The van der Waals surface area contributed by atoms with Crippen molar-refractivity contribution in [2.75, 3.05) is 18.4 Å². The molecule has 1 saturated heterocycles. The molecular weight excluding hydrogens is 326 g/mol. The van der Waals surface area contributed by atoms with Gasteiger partial charge < -0.3 is 4.90 Å². The molecule has 1 aromatic rings. The number of rotatable bonds is 3. The number of amides is 1. The molecule has 3 heteroatoms. The number of piperidine rings is 1.